The van der Waals surface area contributed by atoms with E-state index in [4.69, 9.17) is 5.14 Å². The summed E-state index contributed by atoms with van der Waals surface area (Å²) in [5.41, 5.74) is 0. The van der Waals surface area contributed by atoms with Crippen LogP contribution in [0.5, 0.6) is 0 Å². The van der Waals surface area contributed by atoms with E-state index in [1.165, 1.54) is 18.9 Å². The maximum atomic E-state index is 11.2. The van der Waals surface area contributed by atoms with E-state index in [-0.39, 0.29) is 17.1 Å². The van der Waals surface area contributed by atoms with Crippen molar-refractivity contribution in [2.24, 2.45) is 11.1 Å². The predicted octanol–water partition coefficient (Wildman–Crippen LogP) is 0.375. The number of ether oxygens (including phenoxy) is 1. The first kappa shape index (κ1) is 10.9. The molecule has 0 saturated heterocycles. The van der Waals surface area contributed by atoms with Gasteiger partial charge in [0.05, 0.1) is 24.4 Å². The van der Waals surface area contributed by atoms with Gasteiger partial charge in [-0.25, -0.2) is 0 Å². The fraction of sp³-hybridized carbons (Fsp3) is 0.571. The van der Waals surface area contributed by atoms with Crippen molar-refractivity contribution < 1.29 is 14.1 Å². The van der Waals surface area contributed by atoms with E-state index in [2.05, 4.69) is 4.74 Å². The third-order valence-corrected chi connectivity index (χ3v) is 4.14. The highest BCUT2D eigenvalue weighted by Gasteiger charge is 2.35. The molecule has 0 aromatic heterocycles. The van der Waals surface area contributed by atoms with Gasteiger partial charge >= 0.3 is 5.97 Å². The van der Waals surface area contributed by atoms with Crippen molar-refractivity contribution in [3.05, 3.63) is 10.3 Å². The summed E-state index contributed by atoms with van der Waals surface area (Å²) in [6, 6.07) is 0. The molecule has 6 heteroatoms. The second-order valence-electron chi connectivity index (χ2n) is 2.66. The molecule has 3 unspecified atom stereocenters. The van der Waals surface area contributed by atoms with Crippen LogP contribution in [0.25, 0.3) is 0 Å². The molecule has 0 radical (unpaired) electrons. The molecule has 0 aromatic rings. The first-order valence-electron chi connectivity index (χ1n) is 3.68. The fourth-order valence-corrected chi connectivity index (χ4v) is 3.13. The molecule has 0 saturated carbocycles. The number of esters is 1. The minimum Gasteiger partial charge on any atom is -0.593 e. The van der Waals surface area contributed by atoms with Crippen LogP contribution in [0.3, 0.4) is 0 Å². The van der Waals surface area contributed by atoms with Crippen LogP contribution in [0.1, 0.15) is 6.92 Å². The molecule has 74 valence electrons. The SMILES string of the molecule is COC(=O)C1C=C([S+](N)[O-])SC1C. The van der Waals surface area contributed by atoms with Gasteiger partial charge in [-0.3, -0.25) is 4.79 Å². The molecule has 4 nitrogen and oxygen atoms in total. The lowest BCUT2D eigenvalue weighted by Crippen LogP contribution is -2.19. The molecule has 1 heterocycles. The molecule has 2 N–H and O–H groups in total. The van der Waals surface area contributed by atoms with E-state index in [0.29, 0.717) is 4.24 Å². The summed E-state index contributed by atoms with van der Waals surface area (Å²) in [7, 11) is 1.34. The summed E-state index contributed by atoms with van der Waals surface area (Å²) in [5, 5.41) is 5.25. The van der Waals surface area contributed by atoms with Crippen LogP contribution in [0.4, 0.5) is 0 Å². The second kappa shape index (κ2) is 4.36. The summed E-state index contributed by atoms with van der Waals surface area (Å²) in [6.45, 7) is 1.88. The molecule has 0 spiro atoms. The van der Waals surface area contributed by atoms with Crippen LogP contribution in [-0.4, -0.2) is 22.9 Å². The number of nitrogens with two attached hydrogens (primary N) is 1. The largest absolute Gasteiger partial charge is 0.593 e. The summed E-state index contributed by atoms with van der Waals surface area (Å²) < 4.78 is 16.0. The van der Waals surface area contributed by atoms with E-state index in [9.17, 15) is 9.35 Å². The molecule has 0 bridgehead atoms. The maximum absolute atomic E-state index is 11.2. The summed E-state index contributed by atoms with van der Waals surface area (Å²) in [6.07, 6.45) is 1.62. The third kappa shape index (κ3) is 2.40. The summed E-state index contributed by atoms with van der Waals surface area (Å²) in [4.78, 5) is 11.2. The van der Waals surface area contributed by atoms with Crippen LogP contribution in [-0.2, 0) is 20.9 Å². The zero-order valence-electron chi connectivity index (χ0n) is 7.35. The van der Waals surface area contributed by atoms with Gasteiger partial charge in [0.2, 0.25) is 4.24 Å². The van der Waals surface area contributed by atoms with Crippen molar-refractivity contribution in [2.75, 3.05) is 7.11 Å². The minimum atomic E-state index is -1.48. The highest BCUT2D eigenvalue weighted by atomic mass is 32.3. The zero-order chi connectivity index (χ0) is 10.0. The van der Waals surface area contributed by atoms with E-state index in [0.717, 1.165) is 0 Å². The summed E-state index contributed by atoms with van der Waals surface area (Å²) in [5.74, 6) is -0.627. The van der Waals surface area contributed by atoms with Gasteiger partial charge < -0.3 is 9.29 Å². The number of methoxy groups -OCH3 is 1. The van der Waals surface area contributed by atoms with Crippen molar-refractivity contribution in [1.29, 1.82) is 0 Å². The van der Waals surface area contributed by atoms with E-state index >= 15 is 0 Å². The number of carbonyl (C=O) groups is 1. The van der Waals surface area contributed by atoms with Crippen LogP contribution < -0.4 is 5.14 Å². The zero-order valence-corrected chi connectivity index (χ0v) is 8.98. The number of rotatable bonds is 2. The van der Waals surface area contributed by atoms with Crippen molar-refractivity contribution >= 4 is 29.1 Å². The maximum Gasteiger partial charge on any atom is 0.313 e. The van der Waals surface area contributed by atoms with E-state index in [1.54, 1.807) is 6.08 Å². The molecular weight excluding hydrogens is 210 g/mol. The van der Waals surface area contributed by atoms with Gasteiger partial charge in [0.15, 0.2) is 0 Å². The highest BCUT2D eigenvalue weighted by Crippen LogP contribution is 2.38. The molecular formula is C7H11NO3S2. The summed E-state index contributed by atoms with van der Waals surface area (Å²) >= 11 is -0.124. The van der Waals surface area contributed by atoms with Crippen molar-refractivity contribution in [3.8, 4) is 0 Å². The van der Waals surface area contributed by atoms with Crippen molar-refractivity contribution in [3.63, 3.8) is 0 Å². The smallest absolute Gasteiger partial charge is 0.313 e. The molecule has 0 aliphatic carbocycles. The number of carbonyl (C=O) groups excluding carboxylic acids is 1. The van der Waals surface area contributed by atoms with Gasteiger partial charge in [0, 0.05) is 5.25 Å². The van der Waals surface area contributed by atoms with E-state index in [1.807, 2.05) is 6.92 Å². The Kier molecular flexibility index (Phi) is 3.66. The number of hydrogen-bond acceptors (Lipinski definition) is 5. The molecule has 1 aliphatic heterocycles. The highest BCUT2D eigenvalue weighted by molar-refractivity contribution is 8.18. The van der Waals surface area contributed by atoms with Gasteiger partial charge in [0.1, 0.15) is 0 Å². The van der Waals surface area contributed by atoms with Crippen LogP contribution in [0.15, 0.2) is 10.3 Å². The fourth-order valence-electron chi connectivity index (χ4n) is 1.09. The van der Waals surface area contributed by atoms with Gasteiger partial charge in [-0.15, -0.1) is 5.14 Å². The Morgan fingerprint density at radius 3 is 2.85 bits per heavy atom. The predicted molar refractivity (Wildman–Crippen MR) is 53.0 cm³/mol. The first-order valence-corrected chi connectivity index (χ1v) is 5.78. The molecule has 1 rings (SSSR count). The first-order chi connectivity index (χ1) is 6.06. The molecule has 3 atom stereocenters. The number of hydrogen-bond donors (Lipinski definition) is 1. The Morgan fingerprint density at radius 1 is 1.85 bits per heavy atom. The van der Waals surface area contributed by atoms with Gasteiger partial charge in [-0.1, -0.05) is 18.7 Å². The molecule has 1 aliphatic rings. The minimum absolute atomic E-state index is 0.0509. The Hall–Kier alpha value is -0.170. The Labute approximate surface area is 84.2 Å². The molecule has 13 heavy (non-hydrogen) atoms. The average molecular weight is 221 g/mol. The molecule has 0 aromatic carbocycles. The normalized spacial score (nSPS) is 29.7. The quantitative estimate of drug-likeness (QED) is 0.539. The Morgan fingerprint density at radius 2 is 2.46 bits per heavy atom. The van der Waals surface area contributed by atoms with Crippen LogP contribution >= 0.6 is 11.8 Å². The third-order valence-electron chi connectivity index (χ3n) is 1.80. The lowest BCUT2D eigenvalue weighted by molar-refractivity contribution is -0.143. The molecule has 0 amide bonds. The molecule has 0 fully saturated rings. The van der Waals surface area contributed by atoms with Crippen molar-refractivity contribution in [1.82, 2.24) is 0 Å². The Bertz CT molecular complexity index is 242. The van der Waals surface area contributed by atoms with Crippen LogP contribution in [0.2, 0.25) is 0 Å². The topological polar surface area (TPSA) is 75.4 Å². The number of thioether (sulfide) groups is 1. The van der Waals surface area contributed by atoms with Gasteiger partial charge in [0.25, 0.3) is 0 Å². The van der Waals surface area contributed by atoms with Gasteiger partial charge in [-0.2, -0.15) is 0 Å². The van der Waals surface area contributed by atoms with Crippen molar-refractivity contribution in [2.45, 2.75) is 12.2 Å². The average Bonchev–Trinajstić information content (AvgIpc) is 2.46. The Balaban J connectivity index is 2.72. The standard InChI is InChI=1S/C7H11NO3S2/c1-4-5(7(9)11-2)3-6(12-4)13(8)10/h3-5H,8H2,1-2H3. The lowest BCUT2D eigenvalue weighted by Gasteiger charge is -2.09. The van der Waals surface area contributed by atoms with Crippen LogP contribution in [0, 0.1) is 5.92 Å². The monoisotopic (exact) mass is 221 g/mol. The van der Waals surface area contributed by atoms with Gasteiger partial charge in [-0.05, 0) is 6.08 Å². The second-order valence-corrected chi connectivity index (χ2v) is 5.37. The van der Waals surface area contributed by atoms with E-state index < -0.39 is 11.4 Å². The lowest BCUT2D eigenvalue weighted by atomic mass is 10.1.